The van der Waals surface area contributed by atoms with Crippen LogP contribution in [0.1, 0.15) is 119 Å². The lowest BCUT2D eigenvalue weighted by Gasteiger charge is -2.59. The Morgan fingerprint density at radius 2 is 1.76 bits per heavy atom. The lowest BCUT2D eigenvalue weighted by atomic mass is 9.46. The highest BCUT2D eigenvalue weighted by atomic mass is 16.6. The Hall–Kier alpha value is -0.690. The van der Waals surface area contributed by atoms with Gasteiger partial charge in [0, 0.05) is 12.0 Å². The van der Waals surface area contributed by atoms with E-state index in [9.17, 15) is 9.90 Å². The molecule has 12 unspecified atom stereocenters. The van der Waals surface area contributed by atoms with Crippen molar-refractivity contribution in [1.82, 2.24) is 4.90 Å². The van der Waals surface area contributed by atoms with Crippen LogP contribution in [-0.2, 0) is 19.0 Å². The average molecular weight is 586 g/mol. The third kappa shape index (κ3) is 4.12. The summed E-state index contributed by atoms with van der Waals surface area (Å²) in [5.74, 6) is 2.86. The SMILES string of the molecule is CCOC(C1CCC2C(CC3C4CCC5C(C)(C)C(OC(=O)C6CCCN6C)CCC56CC46CCC23C)O1)C(C)(C)O. The maximum absolute atomic E-state index is 13.2. The summed E-state index contributed by atoms with van der Waals surface area (Å²) in [6.07, 6.45) is 14.5. The predicted octanol–water partition coefficient (Wildman–Crippen LogP) is 6.37. The maximum Gasteiger partial charge on any atom is 0.323 e. The summed E-state index contributed by atoms with van der Waals surface area (Å²) in [7, 11) is 2.07. The van der Waals surface area contributed by atoms with Crippen molar-refractivity contribution in [3.8, 4) is 0 Å². The number of fused-ring (bicyclic) bond motifs is 4. The zero-order chi connectivity index (χ0) is 29.9. The molecule has 7 aliphatic rings. The van der Waals surface area contributed by atoms with E-state index in [1.165, 1.54) is 51.4 Å². The quantitative estimate of drug-likeness (QED) is 0.365. The molecular formula is C36H59NO5. The molecule has 0 aromatic carbocycles. The highest BCUT2D eigenvalue weighted by Crippen LogP contribution is 2.87. The molecule has 0 bridgehead atoms. The van der Waals surface area contributed by atoms with Crippen LogP contribution in [0.2, 0.25) is 0 Å². The van der Waals surface area contributed by atoms with E-state index in [0.717, 1.165) is 44.1 Å². The number of likely N-dealkylation sites (N-methyl/N-ethyl adjacent to an activating group) is 1. The molecule has 12 atom stereocenters. The molecule has 7 fully saturated rings. The first-order chi connectivity index (χ1) is 19.8. The topological polar surface area (TPSA) is 68.2 Å². The Bertz CT molecular complexity index is 1070. The molecule has 2 heterocycles. The number of rotatable bonds is 6. The third-order valence-electron chi connectivity index (χ3n) is 15.0. The molecule has 0 amide bonds. The van der Waals surface area contributed by atoms with Crippen LogP contribution in [0.4, 0.5) is 0 Å². The molecule has 2 saturated heterocycles. The summed E-state index contributed by atoms with van der Waals surface area (Å²) in [6.45, 7) is 14.9. The molecular weight excluding hydrogens is 526 g/mol. The Labute approximate surface area is 255 Å². The van der Waals surface area contributed by atoms with E-state index >= 15 is 0 Å². The maximum atomic E-state index is 13.2. The first kappa shape index (κ1) is 30.0. The lowest BCUT2D eigenvalue weighted by Crippen LogP contribution is -2.55. The molecule has 6 nitrogen and oxygen atoms in total. The normalized spacial score (nSPS) is 50.1. The summed E-state index contributed by atoms with van der Waals surface area (Å²) < 4.78 is 19.4. The van der Waals surface area contributed by atoms with Gasteiger partial charge in [0.1, 0.15) is 18.2 Å². The molecule has 0 aromatic rings. The molecule has 42 heavy (non-hydrogen) atoms. The predicted molar refractivity (Wildman–Crippen MR) is 163 cm³/mol. The fourth-order valence-electron chi connectivity index (χ4n) is 13.1. The standard InChI is InChI=1S/C36H59NO5/c1-8-40-30(33(4,5)39)26-13-11-23-27(41-26)20-24-22-12-14-28-32(2,3)29(42-31(38)25-10-9-19-37(25)7)15-16-36(28)21-35(22,36)18-17-34(23,24)6/h22-30,39H,8-21H2,1-7H3. The zero-order valence-electron chi connectivity index (χ0n) is 27.6. The van der Waals surface area contributed by atoms with Crippen molar-refractivity contribution in [2.45, 2.75) is 155 Å². The molecule has 238 valence electrons. The molecule has 7 rings (SSSR count). The first-order valence-electron chi connectivity index (χ1n) is 17.7. The van der Waals surface area contributed by atoms with Crippen LogP contribution in [0.5, 0.6) is 0 Å². The molecule has 0 aromatic heterocycles. The number of nitrogens with zero attached hydrogens (tertiary/aromatic N) is 1. The second-order valence-corrected chi connectivity index (χ2v) is 17.4. The van der Waals surface area contributed by atoms with E-state index in [0.29, 0.717) is 40.8 Å². The second kappa shape index (κ2) is 9.90. The van der Waals surface area contributed by atoms with Gasteiger partial charge < -0.3 is 19.3 Å². The van der Waals surface area contributed by atoms with Crippen LogP contribution >= 0.6 is 0 Å². The lowest BCUT2D eigenvalue weighted by molar-refractivity contribution is -0.193. The third-order valence-corrected chi connectivity index (χ3v) is 15.0. The number of hydrogen-bond acceptors (Lipinski definition) is 6. The van der Waals surface area contributed by atoms with Gasteiger partial charge in [0.25, 0.3) is 0 Å². The van der Waals surface area contributed by atoms with Gasteiger partial charge in [-0.05, 0) is 151 Å². The number of aliphatic hydroxyl groups is 1. The van der Waals surface area contributed by atoms with E-state index in [-0.39, 0.29) is 35.7 Å². The van der Waals surface area contributed by atoms with Crippen molar-refractivity contribution in [2.75, 3.05) is 20.2 Å². The number of hydrogen-bond donors (Lipinski definition) is 1. The van der Waals surface area contributed by atoms with E-state index in [1.807, 2.05) is 20.8 Å². The van der Waals surface area contributed by atoms with E-state index < -0.39 is 5.60 Å². The Kier molecular flexibility index (Phi) is 7.07. The molecule has 2 spiro atoms. The minimum atomic E-state index is -0.904. The summed E-state index contributed by atoms with van der Waals surface area (Å²) in [5.41, 5.74) is 0.440. The van der Waals surface area contributed by atoms with Crippen molar-refractivity contribution < 1.29 is 24.1 Å². The molecule has 1 N–H and O–H groups in total. The van der Waals surface area contributed by atoms with Crippen molar-refractivity contribution >= 4 is 5.97 Å². The van der Waals surface area contributed by atoms with Gasteiger partial charge >= 0.3 is 5.97 Å². The minimum Gasteiger partial charge on any atom is -0.461 e. The van der Waals surface area contributed by atoms with Crippen molar-refractivity contribution in [1.29, 1.82) is 0 Å². The van der Waals surface area contributed by atoms with Crippen molar-refractivity contribution in [3.05, 3.63) is 0 Å². The van der Waals surface area contributed by atoms with Gasteiger partial charge in [-0.25, -0.2) is 0 Å². The number of carbonyl (C=O) groups excluding carboxylic acids is 1. The van der Waals surface area contributed by atoms with Gasteiger partial charge in [-0.2, -0.15) is 0 Å². The smallest absolute Gasteiger partial charge is 0.323 e. The Balaban J connectivity index is 1.08. The summed E-state index contributed by atoms with van der Waals surface area (Å²) >= 11 is 0. The van der Waals surface area contributed by atoms with Gasteiger partial charge in [-0.3, -0.25) is 9.69 Å². The van der Waals surface area contributed by atoms with Crippen LogP contribution in [0.25, 0.3) is 0 Å². The zero-order valence-corrected chi connectivity index (χ0v) is 27.6. The number of carbonyl (C=O) groups is 1. The number of esters is 1. The average Bonchev–Trinajstić information content (AvgIpc) is 3.21. The Morgan fingerprint density at radius 3 is 2.45 bits per heavy atom. The van der Waals surface area contributed by atoms with Gasteiger partial charge in [0.05, 0.1) is 17.8 Å². The van der Waals surface area contributed by atoms with E-state index in [4.69, 9.17) is 14.2 Å². The van der Waals surface area contributed by atoms with Gasteiger partial charge in [0.15, 0.2) is 0 Å². The Morgan fingerprint density at radius 1 is 1.00 bits per heavy atom. The van der Waals surface area contributed by atoms with E-state index in [2.05, 4.69) is 32.7 Å². The van der Waals surface area contributed by atoms with Crippen LogP contribution in [0.3, 0.4) is 0 Å². The molecule has 6 heteroatoms. The van der Waals surface area contributed by atoms with Crippen molar-refractivity contribution in [3.63, 3.8) is 0 Å². The monoisotopic (exact) mass is 585 g/mol. The summed E-state index contributed by atoms with van der Waals surface area (Å²) in [4.78, 5) is 15.4. The van der Waals surface area contributed by atoms with Crippen LogP contribution in [-0.4, -0.2) is 72.2 Å². The highest BCUT2D eigenvalue weighted by molar-refractivity contribution is 5.76. The molecule has 0 radical (unpaired) electrons. The molecule has 5 saturated carbocycles. The van der Waals surface area contributed by atoms with Crippen molar-refractivity contribution in [2.24, 2.45) is 45.3 Å². The van der Waals surface area contributed by atoms with Crippen LogP contribution < -0.4 is 0 Å². The van der Waals surface area contributed by atoms with Gasteiger partial charge in [-0.1, -0.05) is 20.8 Å². The minimum absolute atomic E-state index is 0.0188. The van der Waals surface area contributed by atoms with Crippen LogP contribution in [0, 0.1) is 45.3 Å². The van der Waals surface area contributed by atoms with E-state index in [1.54, 1.807) is 0 Å². The fraction of sp³-hybridized carbons (Fsp3) is 0.972. The summed E-state index contributed by atoms with van der Waals surface area (Å²) in [5, 5.41) is 10.9. The number of ether oxygens (including phenoxy) is 3. The summed E-state index contributed by atoms with van der Waals surface area (Å²) in [6, 6.07) is -0.0457. The van der Waals surface area contributed by atoms with Crippen LogP contribution in [0.15, 0.2) is 0 Å². The first-order valence-corrected chi connectivity index (χ1v) is 17.7. The second-order valence-electron chi connectivity index (χ2n) is 17.4. The molecule has 2 aliphatic heterocycles. The number of likely N-dealkylation sites (tertiary alicyclic amines) is 1. The fourth-order valence-corrected chi connectivity index (χ4v) is 13.1. The highest BCUT2D eigenvalue weighted by Gasteiger charge is 2.81. The largest absolute Gasteiger partial charge is 0.461 e. The van der Waals surface area contributed by atoms with Gasteiger partial charge in [0.2, 0.25) is 0 Å². The molecule has 5 aliphatic carbocycles. The van der Waals surface area contributed by atoms with Gasteiger partial charge in [-0.15, -0.1) is 0 Å².